The Morgan fingerprint density at radius 2 is 1.66 bits per heavy atom. The summed E-state index contributed by atoms with van der Waals surface area (Å²) in [5.74, 6) is -0.869. The molecule has 8 nitrogen and oxygen atoms in total. The lowest BCUT2D eigenvalue weighted by atomic mass is 10.1. The van der Waals surface area contributed by atoms with Crippen molar-refractivity contribution in [1.29, 1.82) is 0 Å². The van der Waals surface area contributed by atoms with E-state index in [-0.39, 0.29) is 11.6 Å². The Kier molecular flexibility index (Phi) is 7.22. The minimum absolute atomic E-state index is 0.0624. The van der Waals surface area contributed by atoms with Gasteiger partial charge in [-0.2, -0.15) is 0 Å². The van der Waals surface area contributed by atoms with Crippen molar-refractivity contribution in [3.8, 4) is 0 Å². The average molecular weight is 438 g/mol. The number of carbonyl (C=O) groups excluding carboxylic acids is 3. The molecule has 0 radical (unpaired) electrons. The first-order valence-corrected chi connectivity index (χ1v) is 9.88. The minimum Gasteiger partial charge on any atom is -0.469 e. The Balaban J connectivity index is 1.51. The van der Waals surface area contributed by atoms with E-state index in [1.165, 1.54) is 31.4 Å². The zero-order chi connectivity index (χ0) is 23.1. The quantitative estimate of drug-likeness (QED) is 0.440. The molecule has 4 amide bonds. The zero-order valence-electron chi connectivity index (χ0n) is 17.6. The lowest BCUT2D eigenvalue weighted by molar-refractivity contribution is -0.114. The molecule has 3 aromatic rings. The molecular weight excluding hydrogens is 415 g/mol. The molecule has 0 spiro atoms. The van der Waals surface area contributed by atoms with Crippen LogP contribution in [0, 0.1) is 12.7 Å². The van der Waals surface area contributed by atoms with Gasteiger partial charge in [0.25, 0.3) is 5.91 Å². The Labute approximate surface area is 184 Å². The molecule has 0 aliphatic rings. The van der Waals surface area contributed by atoms with Crippen LogP contribution in [0.4, 0.5) is 26.2 Å². The molecular formula is C23H23FN4O4. The summed E-state index contributed by atoms with van der Waals surface area (Å²) in [5, 5.41) is 10.5. The van der Waals surface area contributed by atoms with Crippen LogP contribution in [0.25, 0.3) is 0 Å². The van der Waals surface area contributed by atoms with Gasteiger partial charge in [0.05, 0.1) is 17.5 Å². The van der Waals surface area contributed by atoms with E-state index in [0.717, 1.165) is 11.6 Å². The molecule has 3 rings (SSSR count). The van der Waals surface area contributed by atoms with Crippen molar-refractivity contribution in [3.63, 3.8) is 0 Å². The fraction of sp³-hybridized carbons (Fsp3) is 0.174. The number of benzene rings is 2. The number of aryl methyl sites for hydroxylation is 1. The molecule has 0 aliphatic carbocycles. The second-order valence-electron chi connectivity index (χ2n) is 7.05. The number of amides is 4. The number of hydrogen-bond acceptors (Lipinski definition) is 4. The second-order valence-corrected chi connectivity index (χ2v) is 7.05. The van der Waals surface area contributed by atoms with Crippen LogP contribution >= 0.6 is 0 Å². The van der Waals surface area contributed by atoms with E-state index in [2.05, 4.69) is 21.3 Å². The van der Waals surface area contributed by atoms with Crippen LogP contribution in [0.5, 0.6) is 0 Å². The summed E-state index contributed by atoms with van der Waals surface area (Å²) < 4.78 is 19.2. The van der Waals surface area contributed by atoms with Crippen LogP contribution in [0.15, 0.2) is 59.2 Å². The van der Waals surface area contributed by atoms with Gasteiger partial charge in [-0.1, -0.05) is 12.1 Å². The summed E-state index contributed by atoms with van der Waals surface area (Å²) in [6, 6.07) is 12.2. The van der Waals surface area contributed by atoms with Gasteiger partial charge in [0.1, 0.15) is 11.6 Å². The standard InChI is InChI=1S/C23H23FN4O4/c1-14-19(10-12-32-14)22(30)28-21-13-18(7-8-20(21)24)27-23(31)25-11-9-16-3-5-17(6-4-16)26-15(2)29/h3-8,10,12-13H,9,11H2,1-2H3,(H,26,29)(H,28,30)(H2,25,27,31). The molecule has 0 saturated heterocycles. The Morgan fingerprint density at radius 3 is 2.31 bits per heavy atom. The third-order valence-electron chi connectivity index (χ3n) is 4.55. The van der Waals surface area contributed by atoms with Gasteiger partial charge in [0.15, 0.2) is 0 Å². The van der Waals surface area contributed by atoms with Crippen molar-refractivity contribution in [2.75, 3.05) is 22.5 Å². The number of nitrogens with one attached hydrogen (secondary N) is 4. The molecule has 166 valence electrons. The molecule has 0 saturated carbocycles. The predicted molar refractivity (Wildman–Crippen MR) is 119 cm³/mol. The molecule has 0 fully saturated rings. The number of urea groups is 1. The van der Waals surface area contributed by atoms with Crippen LogP contribution in [0.1, 0.15) is 28.6 Å². The van der Waals surface area contributed by atoms with Crippen LogP contribution in [-0.4, -0.2) is 24.4 Å². The third kappa shape index (κ3) is 6.18. The first kappa shape index (κ1) is 22.5. The molecule has 1 heterocycles. The summed E-state index contributed by atoms with van der Waals surface area (Å²) in [6.45, 7) is 3.44. The highest BCUT2D eigenvalue weighted by Crippen LogP contribution is 2.21. The first-order valence-electron chi connectivity index (χ1n) is 9.88. The van der Waals surface area contributed by atoms with Gasteiger partial charge in [-0.3, -0.25) is 9.59 Å². The minimum atomic E-state index is -0.631. The number of halogens is 1. The molecule has 0 aliphatic heterocycles. The van der Waals surface area contributed by atoms with Crippen molar-refractivity contribution in [3.05, 3.63) is 77.5 Å². The maximum Gasteiger partial charge on any atom is 0.319 e. The van der Waals surface area contributed by atoms with Crippen molar-refractivity contribution in [2.24, 2.45) is 0 Å². The second kappa shape index (κ2) is 10.3. The van der Waals surface area contributed by atoms with Crippen LogP contribution in [-0.2, 0) is 11.2 Å². The maximum absolute atomic E-state index is 14.1. The number of hydrogen-bond donors (Lipinski definition) is 4. The van der Waals surface area contributed by atoms with Gasteiger partial charge >= 0.3 is 6.03 Å². The fourth-order valence-electron chi connectivity index (χ4n) is 2.96. The Bertz CT molecular complexity index is 1130. The lowest BCUT2D eigenvalue weighted by Crippen LogP contribution is -2.30. The highest BCUT2D eigenvalue weighted by molar-refractivity contribution is 6.05. The van der Waals surface area contributed by atoms with Crippen molar-refractivity contribution in [1.82, 2.24) is 5.32 Å². The number of furan rings is 1. The molecule has 0 unspecified atom stereocenters. The maximum atomic E-state index is 14.1. The van der Waals surface area contributed by atoms with Crippen LogP contribution in [0.3, 0.4) is 0 Å². The van der Waals surface area contributed by atoms with Crippen LogP contribution in [0.2, 0.25) is 0 Å². The smallest absolute Gasteiger partial charge is 0.319 e. The molecule has 9 heteroatoms. The summed E-state index contributed by atoms with van der Waals surface area (Å²) >= 11 is 0. The highest BCUT2D eigenvalue weighted by atomic mass is 19.1. The number of carbonyl (C=O) groups is 3. The molecule has 32 heavy (non-hydrogen) atoms. The van der Waals surface area contributed by atoms with E-state index < -0.39 is 17.8 Å². The predicted octanol–water partition coefficient (Wildman–Crippen LogP) is 4.30. The van der Waals surface area contributed by atoms with E-state index in [4.69, 9.17) is 4.42 Å². The van der Waals surface area contributed by atoms with Gasteiger partial charge in [-0.25, -0.2) is 9.18 Å². The van der Waals surface area contributed by atoms with Gasteiger partial charge in [-0.05, 0) is 55.3 Å². The number of anilines is 3. The molecule has 4 N–H and O–H groups in total. The average Bonchev–Trinajstić information content (AvgIpc) is 3.17. The Morgan fingerprint density at radius 1 is 0.938 bits per heavy atom. The molecule has 1 aromatic heterocycles. The van der Waals surface area contributed by atoms with E-state index in [9.17, 15) is 18.8 Å². The van der Waals surface area contributed by atoms with Crippen molar-refractivity contribution >= 4 is 34.9 Å². The van der Waals surface area contributed by atoms with E-state index in [1.807, 2.05) is 12.1 Å². The lowest BCUT2D eigenvalue weighted by Gasteiger charge is -2.11. The molecule has 0 bridgehead atoms. The van der Waals surface area contributed by atoms with Gasteiger partial charge < -0.3 is 25.7 Å². The fourth-order valence-corrected chi connectivity index (χ4v) is 2.96. The summed E-state index contributed by atoms with van der Waals surface area (Å²) in [5.41, 5.74) is 2.25. The van der Waals surface area contributed by atoms with Crippen molar-refractivity contribution in [2.45, 2.75) is 20.3 Å². The molecule has 2 aromatic carbocycles. The highest BCUT2D eigenvalue weighted by Gasteiger charge is 2.14. The van der Waals surface area contributed by atoms with Crippen molar-refractivity contribution < 1.29 is 23.2 Å². The normalized spacial score (nSPS) is 10.3. The topological polar surface area (TPSA) is 112 Å². The van der Waals surface area contributed by atoms with E-state index >= 15 is 0 Å². The zero-order valence-corrected chi connectivity index (χ0v) is 17.6. The van der Waals surface area contributed by atoms with E-state index in [0.29, 0.717) is 35.7 Å². The summed E-state index contributed by atoms with van der Waals surface area (Å²) in [7, 11) is 0. The first-order chi connectivity index (χ1) is 15.3. The van der Waals surface area contributed by atoms with E-state index in [1.54, 1.807) is 19.1 Å². The van der Waals surface area contributed by atoms with Gasteiger partial charge in [0.2, 0.25) is 5.91 Å². The van der Waals surface area contributed by atoms with Gasteiger partial charge in [-0.15, -0.1) is 0 Å². The largest absolute Gasteiger partial charge is 0.469 e. The van der Waals surface area contributed by atoms with Gasteiger partial charge in [0, 0.05) is 24.8 Å². The number of rotatable bonds is 7. The summed E-state index contributed by atoms with van der Waals surface area (Å²) in [4.78, 5) is 35.5. The summed E-state index contributed by atoms with van der Waals surface area (Å²) in [6.07, 6.45) is 1.96. The monoisotopic (exact) mass is 438 g/mol. The van der Waals surface area contributed by atoms with Crippen LogP contribution < -0.4 is 21.3 Å². The SMILES string of the molecule is CC(=O)Nc1ccc(CCNC(=O)Nc2ccc(F)c(NC(=O)c3ccoc3C)c2)cc1. The molecule has 0 atom stereocenters. The third-order valence-corrected chi connectivity index (χ3v) is 4.55. The Hall–Kier alpha value is -4.14.